The van der Waals surface area contributed by atoms with Gasteiger partial charge in [-0.2, -0.15) is 0 Å². The van der Waals surface area contributed by atoms with E-state index in [1.165, 1.54) is 51.6 Å². The predicted octanol–water partition coefficient (Wildman–Crippen LogP) is 4.02. The van der Waals surface area contributed by atoms with Crippen molar-refractivity contribution >= 4 is 22.9 Å². The summed E-state index contributed by atoms with van der Waals surface area (Å²) in [4.78, 5) is 0. The van der Waals surface area contributed by atoms with E-state index in [0.29, 0.717) is 0 Å². The number of hydrogen-bond donors (Lipinski definition) is 0. The lowest BCUT2D eigenvalue weighted by Crippen LogP contribution is -2.13. The minimum Gasteiger partial charge on any atom is -0.248 e. The van der Waals surface area contributed by atoms with Gasteiger partial charge in [-0.3, -0.25) is 0 Å². The van der Waals surface area contributed by atoms with Gasteiger partial charge in [-0.15, -0.1) is 0 Å². The van der Waals surface area contributed by atoms with Crippen LogP contribution in [0.1, 0.15) is 52.4 Å². The molecular formula is C10H22IN. The van der Waals surface area contributed by atoms with Crippen molar-refractivity contribution in [1.29, 1.82) is 0 Å². The second-order valence-corrected chi connectivity index (χ2v) is 4.69. The van der Waals surface area contributed by atoms with Crippen molar-refractivity contribution in [3.05, 3.63) is 0 Å². The summed E-state index contributed by atoms with van der Waals surface area (Å²) in [5.41, 5.74) is 0. The van der Waals surface area contributed by atoms with Gasteiger partial charge in [0.15, 0.2) is 0 Å². The molecule has 0 aliphatic rings. The van der Waals surface area contributed by atoms with E-state index in [-0.39, 0.29) is 0 Å². The number of hydrogen-bond acceptors (Lipinski definition) is 1. The fourth-order valence-corrected chi connectivity index (χ4v) is 2.06. The Kier molecular flexibility index (Phi) is 10.3. The molecule has 0 saturated carbocycles. The van der Waals surface area contributed by atoms with Crippen LogP contribution < -0.4 is 0 Å². The van der Waals surface area contributed by atoms with Gasteiger partial charge in [0.05, 0.1) is 0 Å². The molecule has 0 saturated heterocycles. The summed E-state index contributed by atoms with van der Waals surface area (Å²) in [6, 6.07) is 0. The van der Waals surface area contributed by atoms with Crippen LogP contribution in [-0.2, 0) is 0 Å². The summed E-state index contributed by atoms with van der Waals surface area (Å²) in [5.74, 6) is 0. The van der Waals surface area contributed by atoms with Gasteiger partial charge in [-0.25, -0.2) is 3.11 Å². The van der Waals surface area contributed by atoms with E-state index in [0.717, 1.165) is 0 Å². The molecule has 0 atom stereocenters. The third kappa shape index (κ3) is 8.78. The smallest absolute Gasteiger partial charge is 0.0201 e. The highest BCUT2D eigenvalue weighted by Crippen LogP contribution is 2.06. The summed E-state index contributed by atoms with van der Waals surface area (Å²) in [6.45, 7) is 7.02. The van der Waals surface area contributed by atoms with Crippen molar-refractivity contribution in [2.45, 2.75) is 52.4 Å². The van der Waals surface area contributed by atoms with Crippen molar-refractivity contribution in [2.24, 2.45) is 0 Å². The molecule has 0 radical (unpaired) electrons. The minimum absolute atomic E-state index is 1.24. The zero-order chi connectivity index (χ0) is 9.23. The van der Waals surface area contributed by atoms with Gasteiger partial charge in [0, 0.05) is 36.0 Å². The lowest BCUT2D eigenvalue weighted by atomic mass is 10.1. The lowest BCUT2D eigenvalue weighted by molar-refractivity contribution is 0.474. The van der Waals surface area contributed by atoms with Gasteiger partial charge in [0.2, 0.25) is 0 Å². The predicted molar refractivity (Wildman–Crippen MR) is 64.6 cm³/mol. The van der Waals surface area contributed by atoms with Crippen LogP contribution in [0.4, 0.5) is 0 Å². The Bertz CT molecular complexity index is 85.9. The number of rotatable bonds is 8. The highest BCUT2D eigenvalue weighted by molar-refractivity contribution is 14.1. The summed E-state index contributed by atoms with van der Waals surface area (Å²) in [6.07, 6.45) is 8.25. The van der Waals surface area contributed by atoms with Crippen LogP contribution in [0.5, 0.6) is 0 Å². The first kappa shape index (κ1) is 12.7. The first-order valence-corrected chi connectivity index (χ1v) is 6.18. The molecule has 0 aliphatic carbocycles. The van der Waals surface area contributed by atoms with Crippen LogP contribution in [0.3, 0.4) is 0 Å². The number of nitrogens with zero attached hydrogens (tertiary/aromatic N) is 1. The Morgan fingerprint density at radius 3 is 2.08 bits per heavy atom. The molecule has 0 aliphatic heterocycles. The van der Waals surface area contributed by atoms with Crippen molar-refractivity contribution in [1.82, 2.24) is 3.11 Å². The van der Waals surface area contributed by atoms with E-state index in [9.17, 15) is 0 Å². The average Bonchev–Trinajstić information content (AvgIpc) is 2.05. The second-order valence-electron chi connectivity index (χ2n) is 3.32. The maximum Gasteiger partial charge on any atom is 0.0201 e. The van der Waals surface area contributed by atoms with Gasteiger partial charge in [0.25, 0.3) is 0 Å². The van der Waals surface area contributed by atoms with Gasteiger partial charge >= 0.3 is 0 Å². The third-order valence-corrected chi connectivity index (χ3v) is 2.94. The molecule has 1 nitrogen and oxygen atoms in total. The Morgan fingerprint density at radius 1 is 0.833 bits per heavy atom. The molecule has 0 aromatic carbocycles. The van der Waals surface area contributed by atoms with Crippen LogP contribution in [0.25, 0.3) is 0 Å². The maximum atomic E-state index is 2.44. The summed E-state index contributed by atoms with van der Waals surface area (Å²) in [7, 11) is 0. The van der Waals surface area contributed by atoms with Crippen molar-refractivity contribution in [2.75, 3.05) is 13.1 Å². The van der Waals surface area contributed by atoms with Crippen molar-refractivity contribution < 1.29 is 0 Å². The van der Waals surface area contributed by atoms with Crippen molar-refractivity contribution in [3.63, 3.8) is 0 Å². The van der Waals surface area contributed by atoms with E-state index >= 15 is 0 Å². The standard InChI is InChI=1S/C10H22IN/c1-3-5-6-7-8-10-12(11)9-4-2/h3-10H2,1-2H3. The van der Waals surface area contributed by atoms with Gasteiger partial charge < -0.3 is 0 Å². The zero-order valence-electron chi connectivity index (χ0n) is 8.48. The number of unbranched alkanes of at least 4 members (excludes halogenated alkanes) is 4. The lowest BCUT2D eigenvalue weighted by Gasteiger charge is -2.11. The topological polar surface area (TPSA) is 3.24 Å². The van der Waals surface area contributed by atoms with Crippen LogP contribution in [0.15, 0.2) is 0 Å². The minimum atomic E-state index is 1.24. The summed E-state index contributed by atoms with van der Waals surface area (Å²) in [5, 5.41) is 0. The molecule has 2 heteroatoms. The molecule has 12 heavy (non-hydrogen) atoms. The van der Waals surface area contributed by atoms with Gasteiger partial charge in [0.1, 0.15) is 0 Å². The Hall–Kier alpha value is 0.690. The molecule has 0 unspecified atom stereocenters. The SMILES string of the molecule is CCCCCCCN(I)CCC. The third-order valence-electron chi connectivity index (χ3n) is 1.97. The van der Waals surface area contributed by atoms with E-state index in [4.69, 9.17) is 0 Å². The Balaban J connectivity index is 2.97. The molecule has 0 spiro atoms. The second kappa shape index (κ2) is 9.78. The Labute approximate surface area is 91.4 Å². The van der Waals surface area contributed by atoms with Gasteiger partial charge in [-0.1, -0.05) is 39.5 Å². The fourth-order valence-electron chi connectivity index (χ4n) is 1.24. The molecule has 0 rings (SSSR count). The van der Waals surface area contributed by atoms with Crippen LogP contribution >= 0.6 is 22.9 Å². The normalized spacial score (nSPS) is 11.0. The molecule has 0 amide bonds. The molecule has 0 fully saturated rings. The fraction of sp³-hybridized carbons (Fsp3) is 1.00. The highest BCUT2D eigenvalue weighted by Gasteiger charge is 1.96. The van der Waals surface area contributed by atoms with E-state index in [1.807, 2.05) is 0 Å². The Morgan fingerprint density at radius 2 is 1.50 bits per heavy atom. The van der Waals surface area contributed by atoms with Crippen molar-refractivity contribution in [3.8, 4) is 0 Å². The highest BCUT2D eigenvalue weighted by atomic mass is 127. The molecule has 0 bridgehead atoms. The van der Waals surface area contributed by atoms with Crippen LogP contribution in [-0.4, -0.2) is 16.2 Å². The largest absolute Gasteiger partial charge is 0.248 e. The van der Waals surface area contributed by atoms with Crippen LogP contribution in [0.2, 0.25) is 0 Å². The van der Waals surface area contributed by atoms with E-state index < -0.39 is 0 Å². The monoisotopic (exact) mass is 283 g/mol. The number of halogens is 1. The molecule has 0 heterocycles. The molecule has 0 aromatic heterocycles. The molecule has 0 N–H and O–H groups in total. The molecular weight excluding hydrogens is 261 g/mol. The average molecular weight is 283 g/mol. The maximum absolute atomic E-state index is 2.44. The van der Waals surface area contributed by atoms with Gasteiger partial charge in [-0.05, 0) is 12.8 Å². The zero-order valence-corrected chi connectivity index (χ0v) is 10.6. The van der Waals surface area contributed by atoms with E-state index in [1.54, 1.807) is 0 Å². The first-order valence-electron chi connectivity index (χ1n) is 5.22. The van der Waals surface area contributed by atoms with E-state index in [2.05, 4.69) is 39.8 Å². The molecule has 74 valence electrons. The first-order chi connectivity index (χ1) is 5.81. The summed E-state index contributed by atoms with van der Waals surface area (Å²) >= 11 is 2.44. The summed E-state index contributed by atoms with van der Waals surface area (Å²) < 4.78 is 2.41. The van der Waals surface area contributed by atoms with Crippen LogP contribution in [0, 0.1) is 0 Å². The molecule has 0 aromatic rings. The quantitative estimate of drug-likeness (QED) is 0.369.